The van der Waals surface area contributed by atoms with Crippen LogP contribution in [0.3, 0.4) is 0 Å². The first-order valence-corrected chi connectivity index (χ1v) is 8.45. The Kier molecular flexibility index (Phi) is 5.84. The number of H-pyrrole nitrogens is 1. The molecule has 130 valence electrons. The lowest BCUT2D eigenvalue weighted by atomic mass is 10.1. The van der Waals surface area contributed by atoms with Crippen LogP contribution < -0.4 is 5.43 Å². The average molecular weight is 385 g/mol. The van der Waals surface area contributed by atoms with Crippen molar-refractivity contribution < 1.29 is 4.79 Å². The molecule has 1 amide bonds. The van der Waals surface area contributed by atoms with Crippen molar-refractivity contribution >= 4 is 41.4 Å². The van der Waals surface area contributed by atoms with Gasteiger partial charge in [0.05, 0.1) is 10.7 Å². The molecule has 0 saturated heterocycles. The fourth-order valence-corrected chi connectivity index (χ4v) is 2.70. The maximum Gasteiger partial charge on any atom is 0.289 e. The second-order valence-corrected chi connectivity index (χ2v) is 6.12. The highest BCUT2D eigenvalue weighted by Crippen LogP contribution is 2.29. The summed E-state index contributed by atoms with van der Waals surface area (Å²) < 4.78 is 0. The van der Waals surface area contributed by atoms with E-state index in [4.69, 9.17) is 23.2 Å². The van der Waals surface area contributed by atoms with Crippen LogP contribution in [0.4, 0.5) is 0 Å². The van der Waals surface area contributed by atoms with Crippen LogP contribution >= 0.6 is 23.2 Å². The molecule has 0 unspecified atom stereocenters. The molecule has 0 saturated carbocycles. The molecule has 0 bridgehead atoms. The SMILES string of the molecule is O=C(N/N=C\C=C\c1ccccc1)c1cc(-c2ccc(Cl)cc2Cl)n[nH]1. The van der Waals surface area contributed by atoms with E-state index >= 15 is 0 Å². The Morgan fingerprint density at radius 3 is 2.69 bits per heavy atom. The Balaban J connectivity index is 1.61. The number of amides is 1. The number of aromatic nitrogens is 2. The fraction of sp³-hybridized carbons (Fsp3) is 0. The summed E-state index contributed by atoms with van der Waals surface area (Å²) in [5.74, 6) is -0.404. The van der Waals surface area contributed by atoms with Crippen molar-refractivity contribution in [3.05, 3.63) is 82.0 Å². The van der Waals surface area contributed by atoms with Gasteiger partial charge in [0.15, 0.2) is 0 Å². The monoisotopic (exact) mass is 384 g/mol. The van der Waals surface area contributed by atoms with Crippen molar-refractivity contribution in [2.75, 3.05) is 0 Å². The van der Waals surface area contributed by atoms with Gasteiger partial charge < -0.3 is 0 Å². The van der Waals surface area contributed by atoms with Crippen molar-refractivity contribution in [1.82, 2.24) is 15.6 Å². The molecular formula is C19H14Cl2N4O. The second kappa shape index (κ2) is 8.47. The quantitative estimate of drug-likeness (QED) is 0.489. The summed E-state index contributed by atoms with van der Waals surface area (Å²) >= 11 is 12.0. The number of hydrogen-bond donors (Lipinski definition) is 2. The van der Waals surface area contributed by atoms with E-state index in [-0.39, 0.29) is 5.69 Å². The van der Waals surface area contributed by atoms with E-state index in [1.54, 1.807) is 30.3 Å². The number of carbonyl (C=O) groups is 1. The predicted octanol–water partition coefficient (Wildman–Crippen LogP) is 4.81. The van der Waals surface area contributed by atoms with Crippen molar-refractivity contribution in [3.63, 3.8) is 0 Å². The molecule has 1 aromatic heterocycles. The predicted molar refractivity (Wildman–Crippen MR) is 105 cm³/mol. The van der Waals surface area contributed by atoms with Crippen LogP contribution in [-0.4, -0.2) is 22.3 Å². The first kappa shape index (κ1) is 17.9. The van der Waals surface area contributed by atoms with Crippen LogP contribution in [0, 0.1) is 0 Å². The molecule has 2 aromatic carbocycles. The highest BCUT2D eigenvalue weighted by atomic mass is 35.5. The number of carbonyl (C=O) groups excluding carboxylic acids is 1. The van der Waals surface area contributed by atoms with Gasteiger partial charge in [0.1, 0.15) is 5.69 Å². The van der Waals surface area contributed by atoms with Crippen molar-refractivity contribution in [1.29, 1.82) is 0 Å². The van der Waals surface area contributed by atoms with E-state index < -0.39 is 5.91 Å². The minimum absolute atomic E-state index is 0.273. The topological polar surface area (TPSA) is 70.1 Å². The summed E-state index contributed by atoms with van der Waals surface area (Å²) in [5, 5.41) is 11.6. The third kappa shape index (κ3) is 4.59. The third-order valence-corrected chi connectivity index (χ3v) is 3.99. The van der Waals surface area contributed by atoms with Gasteiger partial charge in [-0.2, -0.15) is 10.2 Å². The van der Waals surface area contributed by atoms with E-state index in [0.717, 1.165) is 5.56 Å². The molecule has 0 aliphatic heterocycles. The van der Waals surface area contributed by atoms with E-state index in [9.17, 15) is 4.79 Å². The number of halogens is 2. The smallest absolute Gasteiger partial charge is 0.272 e. The zero-order valence-electron chi connectivity index (χ0n) is 13.5. The van der Waals surface area contributed by atoms with Crippen LogP contribution in [0.2, 0.25) is 10.0 Å². The van der Waals surface area contributed by atoms with Crippen LogP contribution in [0.5, 0.6) is 0 Å². The molecular weight excluding hydrogens is 371 g/mol. The van der Waals surface area contributed by atoms with Gasteiger partial charge in [-0.25, -0.2) is 5.43 Å². The van der Waals surface area contributed by atoms with Crippen LogP contribution in [0.15, 0.2) is 65.8 Å². The molecule has 26 heavy (non-hydrogen) atoms. The van der Waals surface area contributed by atoms with E-state index in [1.165, 1.54) is 6.21 Å². The summed E-state index contributed by atoms with van der Waals surface area (Å²) in [6.07, 6.45) is 5.12. The average Bonchev–Trinajstić information content (AvgIpc) is 3.12. The molecule has 2 N–H and O–H groups in total. The fourth-order valence-electron chi connectivity index (χ4n) is 2.19. The summed E-state index contributed by atoms with van der Waals surface area (Å²) in [4.78, 5) is 12.1. The Bertz CT molecular complexity index is 965. The molecule has 0 aliphatic rings. The van der Waals surface area contributed by atoms with Gasteiger partial charge in [-0.1, -0.05) is 59.6 Å². The summed E-state index contributed by atoms with van der Waals surface area (Å²) in [7, 11) is 0. The maximum absolute atomic E-state index is 12.1. The van der Waals surface area contributed by atoms with Gasteiger partial charge in [-0.3, -0.25) is 9.89 Å². The zero-order valence-corrected chi connectivity index (χ0v) is 15.0. The Morgan fingerprint density at radius 2 is 1.92 bits per heavy atom. The van der Waals surface area contributed by atoms with Gasteiger partial charge >= 0.3 is 0 Å². The van der Waals surface area contributed by atoms with Crippen LogP contribution in [0.1, 0.15) is 16.1 Å². The molecule has 0 aliphatic carbocycles. The highest BCUT2D eigenvalue weighted by Gasteiger charge is 2.12. The maximum atomic E-state index is 12.1. The van der Waals surface area contributed by atoms with Crippen molar-refractivity contribution in [2.45, 2.75) is 0 Å². The summed E-state index contributed by atoms with van der Waals surface area (Å²) in [6, 6.07) is 16.4. The summed E-state index contributed by atoms with van der Waals surface area (Å²) in [5.41, 5.74) is 4.97. The van der Waals surface area contributed by atoms with Crippen molar-refractivity contribution in [2.24, 2.45) is 5.10 Å². The summed E-state index contributed by atoms with van der Waals surface area (Å²) in [6.45, 7) is 0. The van der Waals surface area contributed by atoms with E-state index in [2.05, 4.69) is 20.7 Å². The molecule has 3 aromatic rings. The zero-order chi connectivity index (χ0) is 18.4. The molecule has 0 fully saturated rings. The number of aromatic amines is 1. The lowest BCUT2D eigenvalue weighted by Crippen LogP contribution is -2.17. The highest BCUT2D eigenvalue weighted by molar-refractivity contribution is 6.36. The molecule has 5 nitrogen and oxygen atoms in total. The Labute approximate surface area is 160 Å². The lowest BCUT2D eigenvalue weighted by molar-refractivity contribution is 0.0950. The molecule has 0 atom stereocenters. The first-order valence-electron chi connectivity index (χ1n) is 7.69. The van der Waals surface area contributed by atoms with Crippen molar-refractivity contribution in [3.8, 4) is 11.3 Å². The molecule has 0 spiro atoms. The van der Waals surface area contributed by atoms with Gasteiger partial charge in [-0.05, 0) is 35.9 Å². The molecule has 0 radical (unpaired) electrons. The largest absolute Gasteiger partial charge is 0.289 e. The van der Waals surface area contributed by atoms with E-state index in [1.807, 2.05) is 36.4 Å². The minimum atomic E-state index is -0.404. The molecule has 7 heteroatoms. The number of hydrazone groups is 1. The normalized spacial score (nSPS) is 11.3. The molecule has 1 heterocycles. The van der Waals surface area contributed by atoms with Gasteiger partial charge in [-0.15, -0.1) is 0 Å². The standard InChI is InChI=1S/C19H14Cl2N4O/c20-14-8-9-15(16(21)11-14)17-12-18(24-23-17)19(26)25-22-10-4-7-13-5-2-1-3-6-13/h1-12H,(H,23,24)(H,25,26)/b7-4+,22-10-. The first-order chi connectivity index (χ1) is 12.6. The lowest BCUT2D eigenvalue weighted by Gasteiger charge is -2.00. The van der Waals surface area contributed by atoms with E-state index in [0.29, 0.717) is 21.3 Å². The van der Waals surface area contributed by atoms with Crippen LogP contribution in [0.25, 0.3) is 17.3 Å². The van der Waals surface area contributed by atoms with Gasteiger partial charge in [0, 0.05) is 16.8 Å². The second-order valence-electron chi connectivity index (χ2n) is 5.28. The Morgan fingerprint density at radius 1 is 1.12 bits per heavy atom. The third-order valence-electron chi connectivity index (χ3n) is 3.44. The number of nitrogens with one attached hydrogen (secondary N) is 2. The number of nitrogens with zero attached hydrogens (tertiary/aromatic N) is 2. The van der Waals surface area contributed by atoms with Gasteiger partial charge in [0.2, 0.25) is 0 Å². The number of hydrogen-bond acceptors (Lipinski definition) is 3. The number of rotatable bonds is 5. The Hall–Kier alpha value is -2.89. The van der Waals surface area contributed by atoms with Crippen LogP contribution in [-0.2, 0) is 0 Å². The minimum Gasteiger partial charge on any atom is -0.272 e. The number of allylic oxidation sites excluding steroid dienone is 1. The number of benzene rings is 2. The molecule has 3 rings (SSSR count). The van der Waals surface area contributed by atoms with Gasteiger partial charge in [0.25, 0.3) is 5.91 Å².